The van der Waals surface area contributed by atoms with E-state index in [-0.39, 0.29) is 10.8 Å². The Morgan fingerprint density at radius 3 is 2.10 bits per heavy atom. The second-order valence-electron chi connectivity index (χ2n) is 9.48. The lowest BCUT2D eigenvalue weighted by molar-refractivity contribution is -0.192. The number of hydrogen-bond donors (Lipinski definition) is 3. The highest BCUT2D eigenvalue weighted by molar-refractivity contribution is 7.92. The third-order valence-corrected chi connectivity index (χ3v) is 8.08. The van der Waals surface area contributed by atoms with Crippen LogP contribution in [0.2, 0.25) is 0 Å². The number of rotatable bonds is 5. The normalized spacial score (nSPS) is 16.1. The number of amides is 1. The van der Waals surface area contributed by atoms with Crippen molar-refractivity contribution in [3.63, 3.8) is 0 Å². The number of benzene rings is 2. The SMILES string of the molecule is Cc1cc(C)c(S(=O)(=O)Nc2ccc(N3CCNCC3)c(C(=O)N3CCOCC3)c2)cc1C.O=C(O)C(F)(F)F. The predicted octanol–water partition coefficient (Wildman–Crippen LogP) is 2.93. The monoisotopic (exact) mass is 586 g/mol. The maximum absolute atomic E-state index is 13.4. The summed E-state index contributed by atoms with van der Waals surface area (Å²) in [4.78, 5) is 26.5. The number of sulfonamides is 1. The van der Waals surface area contributed by atoms with Crippen molar-refractivity contribution in [3.8, 4) is 0 Å². The Bertz CT molecular complexity index is 1340. The molecule has 2 saturated heterocycles. The summed E-state index contributed by atoms with van der Waals surface area (Å²) in [7, 11) is -3.81. The highest BCUT2D eigenvalue weighted by Gasteiger charge is 2.38. The first-order valence-electron chi connectivity index (χ1n) is 12.6. The van der Waals surface area contributed by atoms with Gasteiger partial charge in [-0.05, 0) is 61.7 Å². The number of aliphatic carboxylic acids is 1. The Hall–Kier alpha value is -3.36. The van der Waals surface area contributed by atoms with Crippen LogP contribution < -0.4 is 14.9 Å². The number of alkyl halides is 3. The van der Waals surface area contributed by atoms with Gasteiger partial charge in [0.05, 0.1) is 23.7 Å². The topological polar surface area (TPSA) is 128 Å². The van der Waals surface area contributed by atoms with Crippen molar-refractivity contribution in [2.24, 2.45) is 0 Å². The van der Waals surface area contributed by atoms with Crippen molar-refractivity contribution in [1.29, 1.82) is 0 Å². The van der Waals surface area contributed by atoms with Crippen LogP contribution in [0.5, 0.6) is 0 Å². The van der Waals surface area contributed by atoms with Crippen LogP contribution in [0.3, 0.4) is 0 Å². The number of aryl methyl sites for hydroxylation is 3. The molecule has 2 aromatic carbocycles. The van der Waals surface area contributed by atoms with Gasteiger partial charge >= 0.3 is 12.1 Å². The molecule has 0 unspecified atom stereocenters. The van der Waals surface area contributed by atoms with E-state index in [1.165, 1.54) is 0 Å². The van der Waals surface area contributed by atoms with Gasteiger partial charge in [-0.3, -0.25) is 9.52 Å². The van der Waals surface area contributed by atoms with Crippen LogP contribution in [0.25, 0.3) is 0 Å². The molecule has 3 N–H and O–H groups in total. The van der Waals surface area contributed by atoms with Crippen molar-refractivity contribution in [1.82, 2.24) is 10.2 Å². The number of morpholine rings is 1. The van der Waals surface area contributed by atoms with Gasteiger partial charge in [0.1, 0.15) is 0 Å². The molecule has 0 saturated carbocycles. The Labute approximate surface area is 231 Å². The number of carbonyl (C=O) groups excluding carboxylic acids is 1. The first-order valence-corrected chi connectivity index (χ1v) is 14.1. The smallest absolute Gasteiger partial charge is 0.475 e. The second kappa shape index (κ2) is 12.9. The molecule has 2 aromatic rings. The standard InChI is InChI=1S/C24H32N4O4S.C2HF3O2/c1-17-14-19(3)23(15-18(17)2)33(30,31)26-20-4-5-22(27-8-6-25-7-9-27)21(16-20)24(29)28-10-12-32-13-11-28;3-2(4,5)1(6)7/h4-5,14-16,25-26H,6-13H2,1-3H3;(H,6,7). The summed E-state index contributed by atoms with van der Waals surface area (Å²) in [5.41, 5.74) is 4.37. The summed E-state index contributed by atoms with van der Waals surface area (Å²) < 4.78 is 66.3. The van der Waals surface area contributed by atoms with Crippen LogP contribution in [0.1, 0.15) is 27.0 Å². The maximum Gasteiger partial charge on any atom is 0.490 e. The lowest BCUT2D eigenvalue weighted by Gasteiger charge is -2.33. The number of anilines is 2. The average Bonchev–Trinajstić information content (AvgIpc) is 2.91. The van der Waals surface area contributed by atoms with Gasteiger partial charge < -0.3 is 25.0 Å². The van der Waals surface area contributed by atoms with E-state index < -0.39 is 22.2 Å². The van der Waals surface area contributed by atoms with E-state index in [2.05, 4.69) is 14.9 Å². The van der Waals surface area contributed by atoms with Gasteiger partial charge in [0.2, 0.25) is 0 Å². The van der Waals surface area contributed by atoms with Crippen molar-refractivity contribution in [3.05, 3.63) is 52.6 Å². The minimum Gasteiger partial charge on any atom is -0.475 e. The fourth-order valence-corrected chi connectivity index (χ4v) is 5.68. The maximum atomic E-state index is 13.4. The molecule has 2 fully saturated rings. The molecule has 0 aliphatic carbocycles. The lowest BCUT2D eigenvalue weighted by Crippen LogP contribution is -2.45. The highest BCUT2D eigenvalue weighted by atomic mass is 32.2. The Morgan fingerprint density at radius 1 is 0.950 bits per heavy atom. The van der Waals surface area contributed by atoms with Gasteiger partial charge in [-0.25, -0.2) is 13.2 Å². The summed E-state index contributed by atoms with van der Waals surface area (Å²) in [6.45, 7) is 11.0. The number of piperazine rings is 1. The number of carbonyl (C=O) groups is 2. The minimum absolute atomic E-state index is 0.102. The van der Waals surface area contributed by atoms with Crippen LogP contribution in [0, 0.1) is 20.8 Å². The van der Waals surface area contributed by atoms with Crippen molar-refractivity contribution in [2.75, 3.05) is 62.1 Å². The summed E-state index contributed by atoms with van der Waals surface area (Å²) in [5, 5.41) is 10.5. The van der Waals surface area contributed by atoms with Crippen LogP contribution >= 0.6 is 0 Å². The molecule has 0 radical (unpaired) electrons. The van der Waals surface area contributed by atoms with E-state index in [0.717, 1.165) is 43.0 Å². The molecular formula is C26H33F3N4O6S. The molecule has 10 nitrogen and oxygen atoms in total. The second-order valence-corrected chi connectivity index (χ2v) is 11.1. The van der Waals surface area contributed by atoms with Gasteiger partial charge in [-0.1, -0.05) is 6.07 Å². The molecule has 0 spiro atoms. The molecule has 0 atom stereocenters. The first kappa shape index (κ1) is 31.2. The first-order chi connectivity index (χ1) is 18.7. The number of hydrogen-bond acceptors (Lipinski definition) is 7. The molecular weight excluding hydrogens is 553 g/mol. The van der Waals surface area contributed by atoms with Gasteiger partial charge in [-0.2, -0.15) is 13.2 Å². The molecule has 220 valence electrons. The van der Waals surface area contributed by atoms with Gasteiger partial charge in [-0.15, -0.1) is 0 Å². The quantitative estimate of drug-likeness (QED) is 0.488. The molecule has 40 heavy (non-hydrogen) atoms. The summed E-state index contributed by atoms with van der Waals surface area (Å²) in [6, 6.07) is 8.83. The van der Waals surface area contributed by atoms with E-state index >= 15 is 0 Å². The van der Waals surface area contributed by atoms with Crippen LogP contribution in [-0.2, 0) is 19.6 Å². The molecule has 2 heterocycles. The van der Waals surface area contributed by atoms with Crippen molar-refractivity contribution in [2.45, 2.75) is 31.8 Å². The summed E-state index contributed by atoms with van der Waals surface area (Å²) >= 11 is 0. The number of ether oxygens (including phenoxy) is 1. The molecule has 1 amide bonds. The molecule has 0 bridgehead atoms. The van der Waals surface area contributed by atoms with Crippen LogP contribution in [0.15, 0.2) is 35.2 Å². The Kier molecular flexibility index (Phi) is 10.0. The number of carboxylic acids is 1. The number of nitrogens with zero attached hydrogens (tertiary/aromatic N) is 2. The van der Waals surface area contributed by atoms with Gasteiger partial charge in [0.25, 0.3) is 15.9 Å². The Balaban J connectivity index is 0.000000559. The molecule has 2 aliphatic rings. The zero-order chi connectivity index (χ0) is 29.7. The summed E-state index contributed by atoms with van der Waals surface area (Å²) in [5.74, 6) is -2.86. The van der Waals surface area contributed by atoms with Gasteiger partial charge in [0.15, 0.2) is 0 Å². The predicted molar refractivity (Wildman–Crippen MR) is 143 cm³/mol. The van der Waals surface area contributed by atoms with Crippen LogP contribution in [-0.4, -0.2) is 89.0 Å². The van der Waals surface area contributed by atoms with E-state index in [1.807, 2.05) is 26.0 Å². The average molecular weight is 587 g/mol. The number of carboxylic acid groups (broad SMARTS) is 1. The van der Waals surface area contributed by atoms with Gasteiger partial charge in [0, 0.05) is 50.6 Å². The van der Waals surface area contributed by atoms with E-state index in [4.69, 9.17) is 14.6 Å². The number of nitrogens with one attached hydrogen (secondary N) is 2. The largest absolute Gasteiger partial charge is 0.490 e. The third-order valence-electron chi connectivity index (χ3n) is 6.56. The Morgan fingerprint density at radius 2 is 1.52 bits per heavy atom. The van der Waals surface area contributed by atoms with Crippen molar-refractivity contribution >= 4 is 33.3 Å². The fraction of sp³-hybridized carbons (Fsp3) is 0.462. The van der Waals surface area contributed by atoms with Crippen LogP contribution in [0.4, 0.5) is 24.5 Å². The molecule has 2 aliphatic heterocycles. The fourth-order valence-electron chi connectivity index (χ4n) is 4.32. The third kappa shape index (κ3) is 7.86. The highest BCUT2D eigenvalue weighted by Crippen LogP contribution is 2.29. The van der Waals surface area contributed by atoms with E-state index in [0.29, 0.717) is 43.1 Å². The van der Waals surface area contributed by atoms with E-state index in [1.54, 1.807) is 30.0 Å². The summed E-state index contributed by atoms with van der Waals surface area (Å²) in [6.07, 6.45) is -5.08. The lowest BCUT2D eigenvalue weighted by atomic mass is 10.1. The molecule has 14 heteroatoms. The van der Waals surface area contributed by atoms with E-state index in [9.17, 15) is 26.4 Å². The van der Waals surface area contributed by atoms with Crippen molar-refractivity contribution < 1.29 is 41.0 Å². The zero-order valence-electron chi connectivity index (χ0n) is 22.5. The minimum atomic E-state index is -5.08. The number of halogens is 3. The molecule has 0 aromatic heterocycles. The zero-order valence-corrected chi connectivity index (χ0v) is 23.3. The molecule has 4 rings (SSSR count).